The molecule has 0 N–H and O–H groups in total. The minimum absolute atomic E-state index is 0.122. The Kier molecular flexibility index (Phi) is 8.28. The number of hydrogen-bond donors (Lipinski definition) is 0. The second-order valence-corrected chi connectivity index (χ2v) is 10.7. The molecule has 36 heavy (non-hydrogen) atoms. The Labute approximate surface area is 216 Å². The van der Waals surface area contributed by atoms with Crippen molar-refractivity contribution < 1.29 is 19.1 Å². The van der Waals surface area contributed by atoms with Crippen molar-refractivity contribution in [3.8, 4) is 5.75 Å². The van der Waals surface area contributed by atoms with E-state index in [1.54, 1.807) is 0 Å². The molecule has 0 aliphatic rings. The maximum Gasteiger partial charge on any atom is 0.337 e. The number of rotatable bonds is 9. The summed E-state index contributed by atoms with van der Waals surface area (Å²) in [6.45, 7) is 14.3. The summed E-state index contributed by atoms with van der Waals surface area (Å²) in [6, 6.07) is 18.6. The summed E-state index contributed by atoms with van der Waals surface area (Å²) in [5.41, 5.74) is 3.45. The normalized spacial score (nSPS) is 12.9. The van der Waals surface area contributed by atoms with E-state index >= 15 is 0 Å². The van der Waals surface area contributed by atoms with Crippen molar-refractivity contribution in [2.75, 3.05) is 7.11 Å². The van der Waals surface area contributed by atoms with E-state index in [0.717, 1.165) is 34.9 Å². The maximum absolute atomic E-state index is 12.8. The minimum atomic E-state index is -0.452. The van der Waals surface area contributed by atoms with Crippen molar-refractivity contribution in [1.82, 2.24) is 0 Å². The number of hydrogen-bond acceptors (Lipinski definition) is 4. The molecule has 3 rings (SSSR count). The van der Waals surface area contributed by atoms with Crippen LogP contribution in [0.3, 0.4) is 0 Å². The largest absolute Gasteiger partial charge is 0.482 e. The van der Waals surface area contributed by atoms with Crippen LogP contribution >= 0.6 is 0 Å². The fourth-order valence-corrected chi connectivity index (χ4v) is 5.06. The van der Waals surface area contributed by atoms with E-state index < -0.39 is 11.5 Å². The lowest BCUT2D eigenvalue weighted by Gasteiger charge is -2.34. The summed E-state index contributed by atoms with van der Waals surface area (Å²) in [5.74, 6) is 0.555. The highest BCUT2D eigenvalue weighted by Gasteiger charge is 2.33. The first-order valence-electron chi connectivity index (χ1n) is 12.9. The first-order valence-corrected chi connectivity index (χ1v) is 12.9. The average molecular weight is 489 g/mol. The van der Waals surface area contributed by atoms with E-state index in [9.17, 15) is 9.59 Å². The number of carbonyl (C=O) groups is 2. The summed E-state index contributed by atoms with van der Waals surface area (Å²) >= 11 is 0. The predicted octanol–water partition coefficient (Wildman–Crippen LogP) is 7.81. The third kappa shape index (κ3) is 5.33. The molecule has 4 nitrogen and oxygen atoms in total. The third-order valence-electron chi connectivity index (χ3n) is 7.42. The van der Waals surface area contributed by atoms with Crippen LogP contribution in [-0.2, 0) is 14.9 Å². The van der Waals surface area contributed by atoms with Gasteiger partial charge in [0, 0.05) is 10.8 Å². The van der Waals surface area contributed by atoms with Gasteiger partial charge in [0.2, 0.25) is 0 Å². The second-order valence-electron chi connectivity index (χ2n) is 10.7. The molecule has 0 bridgehead atoms. The molecular formula is C32H40O4. The van der Waals surface area contributed by atoms with E-state index in [4.69, 9.17) is 9.47 Å². The number of ketones is 1. The first kappa shape index (κ1) is 27.4. The van der Waals surface area contributed by atoms with E-state index in [-0.39, 0.29) is 17.2 Å². The number of methoxy groups -OCH3 is 1. The molecule has 0 aliphatic heterocycles. The number of Topliss-reactive ketones (excluding diaryl/α,β-unsaturated/α-hetero) is 1. The lowest BCUT2D eigenvalue weighted by atomic mass is 9.70. The van der Waals surface area contributed by atoms with Crippen molar-refractivity contribution in [2.45, 2.75) is 79.2 Å². The molecule has 1 unspecified atom stereocenters. The van der Waals surface area contributed by atoms with Crippen LogP contribution in [0.2, 0.25) is 0 Å². The number of benzene rings is 3. The number of esters is 1. The summed E-state index contributed by atoms with van der Waals surface area (Å²) in [6.07, 6.45) is 2.07. The summed E-state index contributed by atoms with van der Waals surface area (Å²) in [7, 11) is 1.40. The van der Waals surface area contributed by atoms with Crippen LogP contribution in [0, 0.1) is 12.3 Å². The summed E-state index contributed by atoms with van der Waals surface area (Å²) in [5, 5.41) is 2.10. The van der Waals surface area contributed by atoms with E-state index in [1.165, 1.54) is 18.2 Å². The molecule has 0 saturated heterocycles. The third-order valence-corrected chi connectivity index (χ3v) is 7.42. The average Bonchev–Trinajstić information content (AvgIpc) is 2.87. The van der Waals surface area contributed by atoms with Crippen LogP contribution in [0.5, 0.6) is 5.75 Å². The molecule has 4 heteroatoms. The molecular weight excluding hydrogens is 448 g/mol. The fraction of sp³-hybridized carbons (Fsp3) is 0.438. The molecule has 3 aromatic rings. The molecule has 0 saturated carbocycles. The maximum atomic E-state index is 12.8. The second kappa shape index (κ2) is 10.9. The molecule has 0 spiro atoms. The zero-order valence-electron chi connectivity index (χ0n) is 23.0. The van der Waals surface area contributed by atoms with Gasteiger partial charge in [0.05, 0.1) is 12.7 Å². The van der Waals surface area contributed by atoms with Gasteiger partial charge >= 0.3 is 5.97 Å². The van der Waals surface area contributed by atoms with Crippen LogP contribution in [0.15, 0.2) is 54.6 Å². The smallest absolute Gasteiger partial charge is 0.337 e. The molecule has 3 aromatic carbocycles. The highest BCUT2D eigenvalue weighted by molar-refractivity contribution is 5.95. The van der Waals surface area contributed by atoms with Crippen LogP contribution < -0.4 is 4.74 Å². The van der Waals surface area contributed by atoms with Crippen LogP contribution in [0.4, 0.5) is 0 Å². The SMILES string of the molecule is CCC(Oc1ccc(C(CC)(CC)c2ccc3cc(C(=O)OC)ccc3c2)cc1C)C(=O)C(C)(C)C. The van der Waals surface area contributed by atoms with E-state index in [0.29, 0.717) is 12.0 Å². The Hall–Kier alpha value is -3.14. The molecule has 0 aromatic heterocycles. The van der Waals surface area contributed by atoms with Gasteiger partial charge in [-0.25, -0.2) is 4.79 Å². The monoisotopic (exact) mass is 488 g/mol. The van der Waals surface area contributed by atoms with Crippen molar-refractivity contribution >= 4 is 22.5 Å². The van der Waals surface area contributed by atoms with Gasteiger partial charge in [-0.1, -0.05) is 77.9 Å². The molecule has 0 amide bonds. The Bertz CT molecular complexity index is 1240. The van der Waals surface area contributed by atoms with Crippen LogP contribution in [-0.4, -0.2) is 25.0 Å². The van der Waals surface area contributed by atoms with Crippen LogP contribution in [0.1, 0.15) is 87.9 Å². The van der Waals surface area contributed by atoms with Gasteiger partial charge in [0.1, 0.15) is 5.75 Å². The van der Waals surface area contributed by atoms with Crippen molar-refractivity contribution in [3.63, 3.8) is 0 Å². The van der Waals surface area contributed by atoms with Crippen molar-refractivity contribution in [2.24, 2.45) is 5.41 Å². The van der Waals surface area contributed by atoms with E-state index in [2.05, 4.69) is 51.1 Å². The lowest BCUT2D eigenvalue weighted by molar-refractivity contribution is -0.133. The Morgan fingerprint density at radius 2 is 1.42 bits per heavy atom. The first-order chi connectivity index (χ1) is 17.0. The quantitative estimate of drug-likeness (QED) is 0.288. The van der Waals surface area contributed by atoms with Gasteiger partial charge in [-0.2, -0.15) is 0 Å². The Morgan fingerprint density at radius 1 is 0.833 bits per heavy atom. The lowest BCUT2D eigenvalue weighted by Crippen LogP contribution is -2.36. The number of aryl methyl sites for hydroxylation is 1. The molecule has 0 heterocycles. The van der Waals surface area contributed by atoms with Gasteiger partial charge in [-0.3, -0.25) is 4.79 Å². The summed E-state index contributed by atoms with van der Waals surface area (Å²) < 4.78 is 11.1. The topological polar surface area (TPSA) is 52.6 Å². The molecule has 0 fully saturated rings. The Morgan fingerprint density at radius 3 is 1.97 bits per heavy atom. The zero-order valence-corrected chi connectivity index (χ0v) is 23.0. The highest BCUT2D eigenvalue weighted by atomic mass is 16.5. The molecule has 0 aliphatic carbocycles. The standard InChI is InChI=1S/C32H40O4/c1-9-27(29(33)31(5,6)7)36-28-17-16-25(18-21(28)4)32(10-2,11-3)26-15-14-22-19-24(30(34)35-8)13-12-23(22)20-26/h12-20,27H,9-11H2,1-8H3. The van der Waals surface area contributed by atoms with Crippen molar-refractivity contribution in [1.29, 1.82) is 0 Å². The van der Waals surface area contributed by atoms with Gasteiger partial charge in [0.25, 0.3) is 0 Å². The molecule has 192 valence electrons. The van der Waals surface area contributed by atoms with Gasteiger partial charge in [0.15, 0.2) is 11.9 Å². The predicted molar refractivity (Wildman–Crippen MR) is 147 cm³/mol. The zero-order chi connectivity index (χ0) is 26.7. The van der Waals surface area contributed by atoms with Gasteiger partial charge in [-0.15, -0.1) is 0 Å². The number of carbonyl (C=O) groups excluding carboxylic acids is 2. The molecule has 1 atom stereocenters. The van der Waals surface area contributed by atoms with Gasteiger partial charge in [-0.05, 0) is 71.8 Å². The van der Waals surface area contributed by atoms with Crippen LogP contribution in [0.25, 0.3) is 10.8 Å². The molecule has 0 radical (unpaired) electrons. The number of ether oxygens (including phenoxy) is 2. The highest BCUT2D eigenvalue weighted by Crippen LogP contribution is 2.41. The minimum Gasteiger partial charge on any atom is -0.482 e. The summed E-state index contributed by atoms with van der Waals surface area (Å²) in [4.78, 5) is 24.8. The Balaban J connectivity index is 2.00. The van der Waals surface area contributed by atoms with Gasteiger partial charge < -0.3 is 9.47 Å². The van der Waals surface area contributed by atoms with E-state index in [1.807, 2.05) is 52.0 Å². The van der Waals surface area contributed by atoms with Crippen molar-refractivity contribution in [3.05, 3.63) is 76.9 Å². The fourth-order valence-electron chi connectivity index (χ4n) is 5.06. The number of fused-ring (bicyclic) bond motifs is 1.